The predicted octanol–water partition coefficient (Wildman–Crippen LogP) is 5.23. The van der Waals surface area contributed by atoms with Gasteiger partial charge < -0.3 is 15.7 Å². The summed E-state index contributed by atoms with van der Waals surface area (Å²) < 4.78 is 13.4. The highest BCUT2D eigenvalue weighted by Gasteiger charge is 2.36. The van der Waals surface area contributed by atoms with Crippen LogP contribution in [0.4, 0.5) is 20.6 Å². The molecule has 0 aliphatic carbocycles. The first-order chi connectivity index (χ1) is 14.5. The Balaban J connectivity index is 2.35. The van der Waals surface area contributed by atoms with Crippen molar-refractivity contribution in [3.63, 3.8) is 0 Å². The molecule has 0 aromatic heterocycles. The fraction of sp³-hybridized carbons (Fsp3) is 0.318. The molecule has 2 rings (SSSR count). The molecule has 0 bridgehead atoms. The fourth-order valence-electron chi connectivity index (χ4n) is 3.21. The highest BCUT2D eigenvalue weighted by Crippen LogP contribution is 2.27. The highest BCUT2D eigenvalue weighted by atomic mass is 35.5. The molecule has 1 atom stereocenters. The Morgan fingerprint density at radius 2 is 1.77 bits per heavy atom. The standard InChI is InChI=1S/C22H25ClFN3O4/c1-5-17(27(21(30)31)22(2,3)4)19(28)26-16-11-7-10-15(23)18(16)20(29)25-14-9-6-8-13(24)12-14/h6-12,17H,5H2,1-4H3,(H,25,29)(H,26,28)(H,30,31). The van der Waals surface area contributed by atoms with E-state index in [-0.39, 0.29) is 28.4 Å². The maximum Gasteiger partial charge on any atom is 0.408 e. The van der Waals surface area contributed by atoms with Crippen molar-refractivity contribution in [2.45, 2.75) is 45.7 Å². The van der Waals surface area contributed by atoms with E-state index in [2.05, 4.69) is 10.6 Å². The molecule has 0 aliphatic rings. The molecule has 3 amide bonds. The lowest BCUT2D eigenvalue weighted by Gasteiger charge is -2.38. The first-order valence-electron chi connectivity index (χ1n) is 9.64. The van der Waals surface area contributed by atoms with Gasteiger partial charge in [0.15, 0.2) is 0 Å². The number of amides is 3. The number of hydrogen-bond acceptors (Lipinski definition) is 3. The molecule has 0 saturated carbocycles. The number of carbonyl (C=O) groups is 3. The van der Waals surface area contributed by atoms with Gasteiger partial charge in [0.05, 0.1) is 16.3 Å². The van der Waals surface area contributed by atoms with E-state index in [9.17, 15) is 23.9 Å². The van der Waals surface area contributed by atoms with Gasteiger partial charge in [0.25, 0.3) is 5.91 Å². The van der Waals surface area contributed by atoms with E-state index >= 15 is 0 Å². The molecule has 0 fully saturated rings. The Morgan fingerprint density at radius 3 is 2.32 bits per heavy atom. The van der Waals surface area contributed by atoms with E-state index in [1.165, 1.54) is 30.3 Å². The van der Waals surface area contributed by atoms with Crippen molar-refractivity contribution in [3.05, 3.63) is 58.9 Å². The molecule has 1 unspecified atom stereocenters. The van der Waals surface area contributed by atoms with Gasteiger partial charge in [0.1, 0.15) is 11.9 Å². The zero-order chi connectivity index (χ0) is 23.3. The Morgan fingerprint density at radius 1 is 1.13 bits per heavy atom. The monoisotopic (exact) mass is 449 g/mol. The minimum absolute atomic E-state index is 0.0192. The van der Waals surface area contributed by atoms with Gasteiger partial charge in [-0.05, 0) is 57.5 Å². The van der Waals surface area contributed by atoms with Crippen LogP contribution in [0.3, 0.4) is 0 Å². The van der Waals surface area contributed by atoms with Gasteiger partial charge in [0, 0.05) is 11.2 Å². The molecule has 3 N–H and O–H groups in total. The normalized spacial score (nSPS) is 12.1. The average molecular weight is 450 g/mol. The summed E-state index contributed by atoms with van der Waals surface area (Å²) in [4.78, 5) is 38.7. The highest BCUT2D eigenvalue weighted by molar-refractivity contribution is 6.35. The van der Waals surface area contributed by atoms with Crippen LogP contribution in [0.15, 0.2) is 42.5 Å². The molecule has 0 spiro atoms. The fourth-order valence-corrected chi connectivity index (χ4v) is 3.47. The molecule has 0 heterocycles. The van der Waals surface area contributed by atoms with Crippen LogP contribution in [-0.4, -0.2) is 39.5 Å². The van der Waals surface area contributed by atoms with E-state index in [4.69, 9.17) is 11.6 Å². The third kappa shape index (κ3) is 5.95. The number of nitrogens with one attached hydrogen (secondary N) is 2. The molecule has 7 nitrogen and oxygen atoms in total. The van der Waals surface area contributed by atoms with Gasteiger partial charge in [-0.1, -0.05) is 30.7 Å². The topological polar surface area (TPSA) is 98.7 Å². The molecule has 31 heavy (non-hydrogen) atoms. The zero-order valence-corrected chi connectivity index (χ0v) is 18.5. The molecule has 166 valence electrons. The first-order valence-corrected chi connectivity index (χ1v) is 10.0. The summed E-state index contributed by atoms with van der Waals surface area (Å²) in [5.74, 6) is -1.76. The second kappa shape index (κ2) is 9.78. The van der Waals surface area contributed by atoms with Crippen LogP contribution in [0.25, 0.3) is 0 Å². The van der Waals surface area contributed by atoms with E-state index in [1.54, 1.807) is 33.8 Å². The number of carbonyl (C=O) groups excluding carboxylic acids is 2. The Kier molecular flexibility index (Phi) is 7.62. The number of halogens is 2. The predicted molar refractivity (Wildman–Crippen MR) is 118 cm³/mol. The number of rotatable bonds is 6. The number of benzene rings is 2. The van der Waals surface area contributed by atoms with Gasteiger partial charge in [-0.2, -0.15) is 0 Å². The number of anilines is 2. The average Bonchev–Trinajstić information content (AvgIpc) is 2.64. The van der Waals surface area contributed by atoms with Crippen LogP contribution in [0.1, 0.15) is 44.5 Å². The molecular formula is C22H25ClFN3O4. The second-order valence-electron chi connectivity index (χ2n) is 7.86. The third-order valence-electron chi connectivity index (χ3n) is 4.51. The van der Waals surface area contributed by atoms with Crippen LogP contribution in [0, 0.1) is 5.82 Å². The number of carboxylic acid groups (broad SMARTS) is 1. The summed E-state index contributed by atoms with van der Waals surface area (Å²) in [7, 11) is 0. The van der Waals surface area contributed by atoms with E-state index < -0.39 is 35.3 Å². The molecule has 9 heteroatoms. The summed E-state index contributed by atoms with van der Waals surface area (Å²) >= 11 is 6.21. The lowest BCUT2D eigenvalue weighted by molar-refractivity contribution is -0.122. The SMILES string of the molecule is CCC(C(=O)Nc1cccc(Cl)c1C(=O)Nc1cccc(F)c1)N(C(=O)O)C(C)(C)C. The van der Waals surface area contributed by atoms with E-state index in [0.29, 0.717) is 0 Å². The first kappa shape index (κ1) is 24.1. The zero-order valence-electron chi connectivity index (χ0n) is 17.7. The van der Waals surface area contributed by atoms with Crippen molar-refractivity contribution in [2.24, 2.45) is 0 Å². The summed E-state index contributed by atoms with van der Waals surface area (Å²) in [5.41, 5.74) is -0.507. The summed E-state index contributed by atoms with van der Waals surface area (Å²) in [6.45, 7) is 6.76. The Bertz CT molecular complexity index is 991. The van der Waals surface area contributed by atoms with Crippen LogP contribution in [0.2, 0.25) is 5.02 Å². The quantitative estimate of drug-likeness (QED) is 0.562. The van der Waals surface area contributed by atoms with Crippen molar-refractivity contribution in [1.82, 2.24) is 4.90 Å². The smallest absolute Gasteiger partial charge is 0.408 e. The molecule has 0 saturated heterocycles. The minimum Gasteiger partial charge on any atom is -0.465 e. The van der Waals surface area contributed by atoms with Crippen LogP contribution >= 0.6 is 11.6 Å². The van der Waals surface area contributed by atoms with E-state index in [0.717, 1.165) is 11.0 Å². The lowest BCUT2D eigenvalue weighted by atomic mass is 10.0. The maximum atomic E-state index is 13.4. The molecular weight excluding hydrogens is 425 g/mol. The number of hydrogen-bond donors (Lipinski definition) is 3. The van der Waals surface area contributed by atoms with E-state index in [1.807, 2.05) is 0 Å². The van der Waals surface area contributed by atoms with Gasteiger partial charge >= 0.3 is 6.09 Å². The molecule has 2 aromatic carbocycles. The van der Waals surface area contributed by atoms with Gasteiger partial charge in [0.2, 0.25) is 5.91 Å². The number of nitrogens with zero attached hydrogens (tertiary/aromatic N) is 1. The van der Waals surface area contributed by atoms with Gasteiger partial charge in [-0.15, -0.1) is 0 Å². The van der Waals surface area contributed by atoms with Gasteiger partial charge in [-0.3, -0.25) is 14.5 Å². The summed E-state index contributed by atoms with van der Waals surface area (Å²) in [5, 5.41) is 14.9. The van der Waals surface area contributed by atoms with Crippen molar-refractivity contribution >= 4 is 40.9 Å². The molecule has 2 aromatic rings. The maximum absolute atomic E-state index is 13.4. The second-order valence-corrected chi connectivity index (χ2v) is 8.27. The van der Waals surface area contributed by atoms with Crippen molar-refractivity contribution in [2.75, 3.05) is 10.6 Å². The molecule has 0 radical (unpaired) electrons. The van der Waals surface area contributed by atoms with Crippen LogP contribution < -0.4 is 10.6 Å². The summed E-state index contributed by atoms with van der Waals surface area (Å²) in [6, 6.07) is 8.87. The lowest BCUT2D eigenvalue weighted by Crippen LogP contribution is -2.55. The van der Waals surface area contributed by atoms with Crippen molar-refractivity contribution in [3.8, 4) is 0 Å². The third-order valence-corrected chi connectivity index (χ3v) is 4.83. The van der Waals surface area contributed by atoms with Crippen molar-refractivity contribution < 1.29 is 23.9 Å². The van der Waals surface area contributed by atoms with Crippen LogP contribution in [0.5, 0.6) is 0 Å². The largest absolute Gasteiger partial charge is 0.465 e. The van der Waals surface area contributed by atoms with Crippen LogP contribution in [-0.2, 0) is 4.79 Å². The Hall–Kier alpha value is -3.13. The van der Waals surface area contributed by atoms with Crippen molar-refractivity contribution in [1.29, 1.82) is 0 Å². The molecule has 0 aliphatic heterocycles. The van der Waals surface area contributed by atoms with Gasteiger partial charge in [-0.25, -0.2) is 9.18 Å². The minimum atomic E-state index is -1.23. The Labute approximate surface area is 185 Å². The summed E-state index contributed by atoms with van der Waals surface area (Å²) in [6.07, 6.45) is -1.01.